The number of carbonyl (C=O) groups is 1. The first-order chi connectivity index (χ1) is 19.4. The van der Waals surface area contributed by atoms with E-state index >= 15 is 4.39 Å². The molecule has 3 heterocycles. The van der Waals surface area contributed by atoms with Crippen LogP contribution in [0.25, 0.3) is 16.6 Å². The second kappa shape index (κ2) is 10.8. The Kier molecular flexibility index (Phi) is 7.08. The number of ether oxygens (including phenoxy) is 1. The molecule has 1 N–H and O–H groups in total. The average Bonchev–Trinajstić information content (AvgIpc) is 2.99. The maximum atomic E-state index is 15.7. The number of para-hydroxylation sites is 1. The topological polar surface area (TPSA) is 78.2 Å². The molecule has 0 spiro atoms. The summed E-state index contributed by atoms with van der Waals surface area (Å²) < 4.78 is 22.7. The molecule has 0 aliphatic carbocycles. The zero-order chi connectivity index (χ0) is 27.8. The van der Waals surface area contributed by atoms with Crippen LogP contribution in [0, 0.1) is 5.82 Å². The quantitative estimate of drug-likeness (QED) is 0.379. The summed E-state index contributed by atoms with van der Waals surface area (Å²) in [7, 11) is 0. The molecule has 6 rings (SSSR count). The summed E-state index contributed by atoms with van der Waals surface area (Å²) in [6.45, 7) is 5.07. The van der Waals surface area contributed by atoms with Crippen LogP contribution in [0.4, 0.5) is 21.5 Å². The number of aromatic nitrogens is 1. The molecule has 0 saturated carbocycles. The predicted octanol–water partition coefficient (Wildman–Crippen LogP) is 4.64. The van der Waals surface area contributed by atoms with Crippen molar-refractivity contribution in [3.63, 3.8) is 0 Å². The number of halogens is 2. The Morgan fingerprint density at radius 1 is 0.825 bits per heavy atom. The standard InChI is InChI=1S/C30H28ClFN4O4/c31-26-27-23(18-25(32)28(26)35-11-9-33(10-12-35)20-5-2-1-3-6-20)29(37)24(30(38)39)19-36(27)22-8-4-7-21(17-22)34-13-15-40-16-14-34/h1-8,17-19H,9-16H2,(H,38,39). The number of carboxylic acids is 1. The van der Waals surface area contributed by atoms with Crippen LogP contribution in [0.3, 0.4) is 0 Å². The Morgan fingerprint density at radius 2 is 1.45 bits per heavy atom. The molecule has 2 saturated heterocycles. The van der Waals surface area contributed by atoms with Crippen molar-refractivity contribution in [3.05, 3.63) is 93.5 Å². The number of rotatable bonds is 5. The number of carboxylic acid groups (broad SMARTS) is 1. The number of hydrogen-bond donors (Lipinski definition) is 1. The van der Waals surface area contributed by atoms with Crippen LogP contribution in [-0.4, -0.2) is 68.1 Å². The normalized spacial score (nSPS) is 16.0. The van der Waals surface area contributed by atoms with Gasteiger partial charge in [-0.1, -0.05) is 35.9 Å². The van der Waals surface area contributed by atoms with Gasteiger partial charge in [-0.25, -0.2) is 9.18 Å². The molecule has 0 atom stereocenters. The minimum Gasteiger partial charge on any atom is -0.477 e. The first-order valence-electron chi connectivity index (χ1n) is 13.2. The highest BCUT2D eigenvalue weighted by atomic mass is 35.5. The lowest BCUT2D eigenvalue weighted by Gasteiger charge is -2.38. The van der Waals surface area contributed by atoms with Gasteiger partial charge in [-0.3, -0.25) is 4.79 Å². The maximum Gasteiger partial charge on any atom is 0.341 e. The molecule has 4 aromatic rings. The summed E-state index contributed by atoms with van der Waals surface area (Å²) in [6, 6.07) is 18.7. The fourth-order valence-electron chi connectivity index (χ4n) is 5.54. The summed E-state index contributed by atoms with van der Waals surface area (Å²) in [4.78, 5) is 31.5. The van der Waals surface area contributed by atoms with Crippen LogP contribution in [0.5, 0.6) is 0 Å². The highest BCUT2D eigenvalue weighted by molar-refractivity contribution is 6.38. The van der Waals surface area contributed by atoms with Crippen molar-refractivity contribution in [3.8, 4) is 5.69 Å². The molecule has 0 radical (unpaired) electrons. The number of aromatic carboxylic acids is 1. The van der Waals surface area contributed by atoms with Crippen molar-refractivity contribution in [2.24, 2.45) is 0 Å². The van der Waals surface area contributed by atoms with Gasteiger partial charge in [-0.05, 0) is 36.4 Å². The first-order valence-corrected chi connectivity index (χ1v) is 13.6. The number of piperazine rings is 1. The van der Waals surface area contributed by atoms with Crippen molar-refractivity contribution in [1.29, 1.82) is 0 Å². The van der Waals surface area contributed by atoms with Gasteiger partial charge < -0.3 is 29.1 Å². The Bertz CT molecular complexity index is 1630. The van der Waals surface area contributed by atoms with Crippen LogP contribution in [0.1, 0.15) is 10.4 Å². The van der Waals surface area contributed by atoms with Gasteiger partial charge in [0.2, 0.25) is 5.43 Å². The van der Waals surface area contributed by atoms with E-state index in [0.29, 0.717) is 45.1 Å². The minimum absolute atomic E-state index is 0.0778. The molecule has 0 bridgehead atoms. The van der Waals surface area contributed by atoms with E-state index in [1.54, 1.807) is 4.57 Å². The van der Waals surface area contributed by atoms with Gasteiger partial charge in [-0.2, -0.15) is 0 Å². The second-order valence-corrected chi connectivity index (χ2v) is 10.3. The van der Waals surface area contributed by atoms with Gasteiger partial charge in [0.1, 0.15) is 11.4 Å². The molecule has 8 nitrogen and oxygen atoms in total. The van der Waals surface area contributed by atoms with E-state index < -0.39 is 22.8 Å². The molecule has 1 aromatic heterocycles. The monoisotopic (exact) mass is 562 g/mol. The highest BCUT2D eigenvalue weighted by Crippen LogP contribution is 2.38. The zero-order valence-electron chi connectivity index (χ0n) is 21.7. The van der Waals surface area contributed by atoms with E-state index in [1.807, 2.05) is 59.5 Å². The fourth-order valence-corrected chi connectivity index (χ4v) is 5.94. The minimum atomic E-state index is -1.39. The van der Waals surface area contributed by atoms with Gasteiger partial charge in [0.25, 0.3) is 0 Å². The molecule has 0 unspecified atom stereocenters. The van der Waals surface area contributed by atoms with Gasteiger partial charge in [0, 0.05) is 62.5 Å². The molecule has 3 aromatic carbocycles. The van der Waals surface area contributed by atoms with E-state index in [4.69, 9.17) is 16.3 Å². The number of nitrogens with zero attached hydrogens (tertiary/aromatic N) is 4. The van der Waals surface area contributed by atoms with Gasteiger partial charge in [0.05, 0.1) is 34.8 Å². The van der Waals surface area contributed by atoms with Crippen molar-refractivity contribution in [1.82, 2.24) is 4.57 Å². The highest BCUT2D eigenvalue weighted by Gasteiger charge is 2.27. The molecular formula is C30H28ClFN4O4. The predicted molar refractivity (Wildman–Crippen MR) is 155 cm³/mol. The van der Waals surface area contributed by atoms with E-state index in [9.17, 15) is 14.7 Å². The maximum absolute atomic E-state index is 15.7. The molecule has 10 heteroatoms. The largest absolute Gasteiger partial charge is 0.477 e. The average molecular weight is 563 g/mol. The molecule has 40 heavy (non-hydrogen) atoms. The lowest BCUT2D eigenvalue weighted by molar-refractivity contribution is 0.0695. The summed E-state index contributed by atoms with van der Waals surface area (Å²) in [5.74, 6) is -2.04. The number of fused-ring (bicyclic) bond motifs is 1. The molecule has 2 aliphatic rings. The van der Waals surface area contributed by atoms with E-state index in [1.165, 1.54) is 6.20 Å². The number of benzene rings is 3. The van der Waals surface area contributed by atoms with Crippen molar-refractivity contribution >= 4 is 45.5 Å². The van der Waals surface area contributed by atoms with Crippen molar-refractivity contribution < 1.29 is 19.0 Å². The summed E-state index contributed by atoms with van der Waals surface area (Å²) >= 11 is 6.95. The molecular weight excluding hydrogens is 535 g/mol. The number of anilines is 3. The van der Waals surface area contributed by atoms with Gasteiger partial charge >= 0.3 is 5.97 Å². The van der Waals surface area contributed by atoms with E-state index in [-0.39, 0.29) is 21.6 Å². The van der Waals surface area contributed by atoms with Crippen LogP contribution < -0.4 is 20.1 Å². The Morgan fingerprint density at radius 3 is 2.15 bits per heavy atom. The zero-order valence-corrected chi connectivity index (χ0v) is 22.5. The number of hydrogen-bond acceptors (Lipinski definition) is 6. The van der Waals surface area contributed by atoms with Crippen molar-refractivity contribution in [2.75, 3.05) is 67.2 Å². The lowest BCUT2D eigenvalue weighted by Crippen LogP contribution is -2.47. The molecule has 2 aliphatic heterocycles. The molecule has 2 fully saturated rings. The SMILES string of the molecule is O=C(O)c1cn(-c2cccc(N3CCOCC3)c2)c2c(Cl)c(N3CCN(c4ccccc4)CC3)c(F)cc2c1=O. The first kappa shape index (κ1) is 26.2. The molecule has 206 valence electrons. The Labute approximate surface area is 235 Å². The van der Waals surface area contributed by atoms with Gasteiger partial charge in [-0.15, -0.1) is 0 Å². The summed E-state index contributed by atoms with van der Waals surface area (Å²) in [6.07, 6.45) is 1.28. The van der Waals surface area contributed by atoms with E-state index in [0.717, 1.165) is 30.5 Å². The number of pyridine rings is 1. The smallest absolute Gasteiger partial charge is 0.341 e. The Hall–Kier alpha value is -4.08. The number of morpholine rings is 1. The van der Waals surface area contributed by atoms with Crippen LogP contribution >= 0.6 is 11.6 Å². The van der Waals surface area contributed by atoms with Crippen LogP contribution in [0.15, 0.2) is 71.7 Å². The van der Waals surface area contributed by atoms with Crippen molar-refractivity contribution in [2.45, 2.75) is 0 Å². The van der Waals surface area contributed by atoms with Gasteiger partial charge in [0.15, 0.2) is 0 Å². The third-order valence-corrected chi connectivity index (χ3v) is 7.95. The van der Waals surface area contributed by atoms with E-state index in [2.05, 4.69) is 9.80 Å². The molecule has 0 amide bonds. The lowest BCUT2D eigenvalue weighted by atomic mass is 10.1. The second-order valence-electron chi connectivity index (χ2n) is 9.89. The fraction of sp³-hybridized carbons (Fsp3) is 0.267. The Balaban J connectivity index is 1.46. The van der Waals surface area contributed by atoms with Crippen LogP contribution in [-0.2, 0) is 4.74 Å². The summed E-state index contributed by atoms with van der Waals surface area (Å²) in [5.41, 5.74) is 1.90. The summed E-state index contributed by atoms with van der Waals surface area (Å²) in [5, 5.41) is 9.80. The third kappa shape index (κ3) is 4.76. The van der Waals surface area contributed by atoms with Crippen LogP contribution in [0.2, 0.25) is 5.02 Å². The third-order valence-electron chi connectivity index (χ3n) is 7.59.